The van der Waals surface area contributed by atoms with E-state index in [0.717, 1.165) is 19.5 Å². The van der Waals surface area contributed by atoms with Gasteiger partial charge in [-0.2, -0.15) is 0 Å². The molecule has 0 N–H and O–H groups in total. The third-order valence-electron chi connectivity index (χ3n) is 3.60. The zero-order valence-electron chi connectivity index (χ0n) is 12.7. The molecule has 3 rings (SSSR count). The van der Waals surface area contributed by atoms with Gasteiger partial charge in [-0.25, -0.2) is 4.57 Å². The number of halogens is 1. The van der Waals surface area contributed by atoms with E-state index in [9.17, 15) is 0 Å². The molecule has 3 aromatic rings. The molecular formula is C18H20BrN3. The van der Waals surface area contributed by atoms with Crippen molar-refractivity contribution in [3.05, 3.63) is 83.9 Å². The number of aryl methyl sites for hydroxylation is 3. The van der Waals surface area contributed by atoms with E-state index in [1.165, 1.54) is 16.7 Å². The Morgan fingerprint density at radius 3 is 2.41 bits per heavy atom. The van der Waals surface area contributed by atoms with Crippen LogP contribution in [0.4, 0.5) is 0 Å². The molecule has 0 aliphatic rings. The molecule has 0 aliphatic heterocycles. The Morgan fingerprint density at radius 1 is 0.955 bits per heavy atom. The van der Waals surface area contributed by atoms with Gasteiger partial charge in [0.1, 0.15) is 6.54 Å². The first-order chi connectivity index (χ1) is 10.3. The third kappa shape index (κ3) is 4.53. The van der Waals surface area contributed by atoms with Crippen LogP contribution in [0, 0.1) is 6.92 Å². The average Bonchev–Trinajstić information content (AvgIpc) is 2.96. The molecule has 0 spiro atoms. The summed E-state index contributed by atoms with van der Waals surface area (Å²) in [4.78, 5) is 0. The molecule has 0 atom stereocenters. The Kier molecular flexibility index (Phi) is 5.90. The zero-order chi connectivity index (χ0) is 14.5. The predicted octanol–water partition coefficient (Wildman–Crippen LogP) is -0.226. The molecule has 0 amide bonds. The Hall–Kier alpha value is -1.94. The van der Waals surface area contributed by atoms with Gasteiger partial charge in [-0.05, 0) is 18.1 Å². The molecule has 0 fully saturated rings. The van der Waals surface area contributed by atoms with E-state index in [1.54, 1.807) is 0 Å². The van der Waals surface area contributed by atoms with Gasteiger partial charge in [0, 0.05) is 11.5 Å². The van der Waals surface area contributed by atoms with Crippen molar-refractivity contribution in [2.24, 2.45) is 0 Å². The van der Waals surface area contributed by atoms with Crippen LogP contribution in [0.25, 0.3) is 0 Å². The predicted molar refractivity (Wildman–Crippen MR) is 82.8 cm³/mol. The molecule has 0 saturated carbocycles. The molecule has 3 nitrogen and oxygen atoms in total. The van der Waals surface area contributed by atoms with Crippen LogP contribution >= 0.6 is 0 Å². The summed E-state index contributed by atoms with van der Waals surface area (Å²) in [5.41, 5.74) is 3.92. The highest BCUT2D eigenvalue weighted by atomic mass is 79.9. The van der Waals surface area contributed by atoms with Gasteiger partial charge in [0.15, 0.2) is 0 Å². The van der Waals surface area contributed by atoms with E-state index in [1.807, 2.05) is 11.0 Å². The van der Waals surface area contributed by atoms with Gasteiger partial charge < -0.3 is 17.0 Å². The second kappa shape index (κ2) is 7.90. The van der Waals surface area contributed by atoms with Crippen molar-refractivity contribution < 1.29 is 21.5 Å². The molecule has 22 heavy (non-hydrogen) atoms. The highest BCUT2D eigenvalue weighted by Crippen LogP contribution is 2.04. The zero-order valence-corrected chi connectivity index (χ0v) is 14.3. The van der Waals surface area contributed by atoms with Gasteiger partial charge in [-0.1, -0.05) is 60.2 Å². The third-order valence-corrected chi connectivity index (χ3v) is 3.60. The van der Waals surface area contributed by atoms with Crippen LogP contribution in [0.3, 0.4) is 0 Å². The molecule has 0 bridgehead atoms. The van der Waals surface area contributed by atoms with Crippen molar-refractivity contribution in [2.45, 2.75) is 26.4 Å². The van der Waals surface area contributed by atoms with Crippen molar-refractivity contribution in [2.75, 3.05) is 0 Å². The van der Waals surface area contributed by atoms with Crippen LogP contribution in [0.15, 0.2) is 67.3 Å². The van der Waals surface area contributed by atoms with Crippen molar-refractivity contribution in [3.8, 4) is 0 Å². The van der Waals surface area contributed by atoms with Gasteiger partial charge in [0.25, 0.3) is 6.33 Å². The maximum absolute atomic E-state index is 4.43. The minimum atomic E-state index is 0. The molecule has 0 aliphatic carbocycles. The Balaban J connectivity index is 0.00000176. The normalized spacial score (nSPS) is 10.2. The monoisotopic (exact) mass is 357 g/mol. The molecular weight excluding hydrogens is 338 g/mol. The highest BCUT2D eigenvalue weighted by Gasteiger charge is 2.06. The van der Waals surface area contributed by atoms with Crippen LogP contribution in [0.1, 0.15) is 16.7 Å². The van der Waals surface area contributed by atoms with Crippen LogP contribution in [0.5, 0.6) is 0 Å². The van der Waals surface area contributed by atoms with Gasteiger partial charge in [-0.15, -0.1) is 4.68 Å². The molecule has 0 radical (unpaired) electrons. The molecule has 1 aromatic heterocycles. The fraction of sp³-hybridized carbons (Fsp3) is 0.222. The van der Waals surface area contributed by atoms with Crippen LogP contribution in [-0.4, -0.2) is 9.78 Å². The lowest BCUT2D eigenvalue weighted by molar-refractivity contribution is -0.697. The average molecular weight is 358 g/mol. The van der Waals surface area contributed by atoms with Crippen molar-refractivity contribution in [1.82, 2.24) is 9.78 Å². The van der Waals surface area contributed by atoms with Gasteiger partial charge in [0.2, 0.25) is 6.33 Å². The summed E-state index contributed by atoms with van der Waals surface area (Å²) >= 11 is 0. The number of aromatic nitrogens is 3. The van der Waals surface area contributed by atoms with E-state index in [0.29, 0.717) is 0 Å². The quantitative estimate of drug-likeness (QED) is 0.578. The smallest absolute Gasteiger partial charge is 0.265 e. The summed E-state index contributed by atoms with van der Waals surface area (Å²) in [6.45, 7) is 3.88. The first kappa shape index (κ1) is 16.4. The number of nitrogens with zero attached hydrogens (tertiary/aromatic N) is 3. The summed E-state index contributed by atoms with van der Waals surface area (Å²) < 4.78 is 4.12. The first-order valence-corrected chi connectivity index (χ1v) is 7.30. The molecule has 0 saturated heterocycles. The van der Waals surface area contributed by atoms with E-state index >= 15 is 0 Å². The Labute approximate surface area is 142 Å². The molecule has 0 unspecified atom stereocenters. The van der Waals surface area contributed by atoms with Crippen LogP contribution < -0.4 is 21.5 Å². The standard InChI is InChI=1S/C18H20N3.BrH/c1-16-7-9-18(10-8-16)13-21-15-20(14-19-21)12-11-17-5-3-2-4-6-17;/h2-10,14-15H,11-13H2,1H3;1H/q+1;/p-1. The fourth-order valence-corrected chi connectivity index (χ4v) is 2.34. The number of hydrogen-bond acceptors (Lipinski definition) is 1. The Morgan fingerprint density at radius 2 is 1.68 bits per heavy atom. The van der Waals surface area contributed by atoms with Crippen molar-refractivity contribution in [3.63, 3.8) is 0 Å². The first-order valence-electron chi connectivity index (χ1n) is 7.30. The lowest BCUT2D eigenvalue weighted by Crippen LogP contribution is -3.00. The van der Waals surface area contributed by atoms with E-state index in [-0.39, 0.29) is 17.0 Å². The summed E-state index contributed by atoms with van der Waals surface area (Å²) in [6, 6.07) is 19.1. The maximum atomic E-state index is 4.43. The fourth-order valence-electron chi connectivity index (χ4n) is 2.34. The number of benzene rings is 2. The maximum Gasteiger partial charge on any atom is 0.265 e. The number of rotatable bonds is 5. The van der Waals surface area contributed by atoms with Gasteiger partial charge in [0.05, 0.1) is 6.54 Å². The van der Waals surface area contributed by atoms with Gasteiger partial charge >= 0.3 is 0 Å². The molecule has 4 heteroatoms. The Bertz CT molecular complexity index is 690. The van der Waals surface area contributed by atoms with Crippen LogP contribution in [-0.2, 0) is 19.5 Å². The summed E-state index contributed by atoms with van der Waals surface area (Å²) in [5.74, 6) is 0. The lowest BCUT2D eigenvalue weighted by atomic mass is 10.1. The second-order valence-electron chi connectivity index (χ2n) is 5.40. The SMILES string of the molecule is Cc1ccc(Cn2c[n+](CCc3ccccc3)cn2)cc1.[Br-]. The van der Waals surface area contributed by atoms with E-state index in [4.69, 9.17) is 0 Å². The topological polar surface area (TPSA) is 21.7 Å². The van der Waals surface area contributed by atoms with Gasteiger partial charge in [-0.3, -0.25) is 0 Å². The molecule has 114 valence electrons. The van der Waals surface area contributed by atoms with E-state index < -0.39 is 0 Å². The summed E-state index contributed by atoms with van der Waals surface area (Å²) in [7, 11) is 0. The van der Waals surface area contributed by atoms with E-state index in [2.05, 4.69) is 77.5 Å². The minimum Gasteiger partial charge on any atom is -1.00 e. The minimum absolute atomic E-state index is 0. The van der Waals surface area contributed by atoms with Crippen molar-refractivity contribution >= 4 is 0 Å². The van der Waals surface area contributed by atoms with Crippen molar-refractivity contribution in [1.29, 1.82) is 0 Å². The second-order valence-corrected chi connectivity index (χ2v) is 5.40. The summed E-state index contributed by atoms with van der Waals surface area (Å²) in [5, 5.41) is 4.43. The largest absolute Gasteiger partial charge is 1.00 e. The molecule has 1 heterocycles. The van der Waals surface area contributed by atoms with Crippen LogP contribution in [0.2, 0.25) is 0 Å². The lowest BCUT2D eigenvalue weighted by Gasteiger charge is -1.98. The summed E-state index contributed by atoms with van der Waals surface area (Å²) in [6.07, 6.45) is 5.00. The highest BCUT2D eigenvalue weighted by molar-refractivity contribution is 5.21. The molecule has 2 aromatic carbocycles. The number of hydrogen-bond donors (Lipinski definition) is 0.